The molecule has 0 saturated carbocycles. The van der Waals surface area contributed by atoms with Crippen LogP contribution in [0.2, 0.25) is 0 Å². The maximum Gasteiger partial charge on any atom is 0.164 e. The molecule has 0 spiro atoms. The maximum absolute atomic E-state index is 5.30. The minimum Gasteiger partial charge on any atom is -0.324 e. The molecule has 1 aromatic rings. The lowest BCUT2D eigenvalue weighted by atomic mass is 10.4. The van der Waals surface area contributed by atoms with Crippen molar-refractivity contribution in [2.45, 2.75) is 20.4 Å². The summed E-state index contributed by atoms with van der Waals surface area (Å²) in [7, 11) is 0. The summed E-state index contributed by atoms with van der Waals surface area (Å²) < 4.78 is 0. The number of aryl methyl sites for hydroxylation is 2. The number of nitrogens with two attached hydrogens (primary N) is 1. The van der Waals surface area contributed by atoms with Gasteiger partial charge < -0.3 is 5.73 Å². The van der Waals surface area contributed by atoms with Gasteiger partial charge in [0.05, 0.1) is 17.9 Å². The van der Waals surface area contributed by atoms with Gasteiger partial charge in [0, 0.05) is 0 Å². The predicted molar refractivity (Wildman–Crippen MR) is 37.2 cm³/mol. The third-order valence-electron chi connectivity index (χ3n) is 1.32. The zero-order valence-electron chi connectivity index (χ0n) is 6.13. The Kier molecular flexibility index (Phi) is 1.91. The molecule has 1 aromatic heterocycles. The van der Waals surface area contributed by atoms with Crippen molar-refractivity contribution in [3.63, 3.8) is 0 Å². The highest BCUT2D eigenvalue weighted by atomic mass is 15.2. The zero-order chi connectivity index (χ0) is 7.56. The van der Waals surface area contributed by atoms with Gasteiger partial charge in [-0.15, -0.1) is 5.10 Å². The summed E-state index contributed by atoms with van der Waals surface area (Å²) in [4.78, 5) is 4.09. The molecule has 0 atom stereocenters. The van der Waals surface area contributed by atoms with Gasteiger partial charge in [0.2, 0.25) is 0 Å². The second-order valence-corrected chi connectivity index (χ2v) is 2.10. The molecule has 0 amide bonds. The minimum atomic E-state index is 0.355. The Labute approximate surface area is 59.5 Å². The molecule has 0 aromatic carbocycles. The fourth-order valence-electron chi connectivity index (χ4n) is 0.588. The van der Waals surface area contributed by atoms with Gasteiger partial charge in [-0.05, 0) is 13.8 Å². The first-order chi connectivity index (χ1) is 4.74. The van der Waals surface area contributed by atoms with Gasteiger partial charge in [0.1, 0.15) is 0 Å². The molecule has 1 rings (SSSR count). The summed E-state index contributed by atoms with van der Waals surface area (Å²) in [6, 6.07) is 0. The number of nitrogens with zero attached hydrogens (tertiary/aromatic N) is 3. The van der Waals surface area contributed by atoms with E-state index >= 15 is 0 Å². The number of hydrogen-bond donors (Lipinski definition) is 1. The quantitative estimate of drug-likeness (QED) is 0.590. The molecule has 0 unspecified atom stereocenters. The number of hydrogen-bond acceptors (Lipinski definition) is 4. The van der Waals surface area contributed by atoms with Crippen LogP contribution in [-0.2, 0) is 6.54 Å². The highest BCUT2D eigenvalue weighted by Crippen LogP contribution is 1.96. The molecule has 10 heavy (non-hydrogen) atoms. The van der Waals surface area contributed by atoms with E-state index in [0.717, 1.165) is 11.4 Å². The molecule has 1 heterocycles. The third-order valence-corrected chi connectivity index (χ3v) is 1.32. The molecule has 0 aliphatic carbocycles. The van der Waals surface area contributed by atoms with Crippen molar-refractivity contribution in [2.75, 3.05) is 0 Å². The average Bonchev–Trinajstić information content (AvgIpc) is 1.95. The van der Waals surface area contributed by atoms with Crippen LogP contribution in [0.25, 0.3) is 0 Å². The van der Waals surface area contributed by atoms with Crippen LogP contribution in [0, 0.1) is 13.8 Å². The maximum atomic E-state index is 5.30. The van der Waals surface area contributed by atoms with E-state index in [0.29, 0.717) is 12.4 Å². The third kappa shape index (κ3) is 1.27. The molecule has 0 aliphatic heterocycles. The van der Waals surface area contributed by atoms with Crippen LogP contribution in [0.4, 0.5) is 0 Å². The van der Waals surface area contributed by atoms with E-state index in [1.165, 1.54) is 0 Å². The van der Waals surface area contributed by atoms with Crippen LogP contribution in [-0.4, -0.2) is 15.2 Å². The van der Waals surface area contributed by atoms with Crippen LogP contribution in [0.1, 0.15) is 17.2 Å². The van der Waals surface area contributed by atoms with E-state index in [2.05, 4.69) is 15.2 Å². The molecule has 4 nitrogen and oxygen atoms in total. The summed E-state index contributed by atoms with van der Waals surface area (Å²) in [5, 5.41) is 7.63. The van der Waals surface area contributed by atoms with E-state index in [-0.39, 0.29) is 0 Å². The van der Waals surface area contributed by atoms with Gasteiger partial charge in [0.15, 0.2) is 5.82 Å². The average molecular weight is 138 g/mol. The second kappa shape index (κ2) is 2.70. The standard InChI is InChI=1S/C6H10N4/c1-4-5(2)9-10-6(3-7)8-4/h3,7H2,1-2H3. The van der Waals surface area contributed by atoms with Crippen molar-refractivity contribution in [3.8, 4) is 0 Å². The molecule has 4 heteroatoms. The van der Waals surface area contributed by atoms with Crippen LogP contribution in [0.3, 0.4) is 0 Å². The van der Waals surface area contributed by atoms with E-state index in [4.69, 9.17) is 5.73 Å². The van der Waals surface area contributed by atoms with E-state index in [9.17, 15) is 0 Å². The Hall–Kier alpha value is -1.03. The lowest BCUT2D eigenvalue weighted by Crippen LogP contribution is -2.07. The molecular weight excluding hydrogens is 128 g/mol. The summed E-state index contributed by atoms with van der Waals surface area (Å²) >= 11 is 0. The van der Waals surface area contributed by atoms with Gasteiger partial charge >= 0.3 is 0 Å². The molecular formula is C6H10N4. The van der Waals surface area contributed by atoms with Crippen LogP contribution in [0.15, 0.2) is 0 Å². The largest absolute Gasteiger partial charge is 0.324 e. The lowest BCUT2D eigenvalue weighted by Gasteiger charge is -1.97. The van der Waals surface area contributed by atoms with Crippen molar-refractivity contribution in [1.82, 2.24) is 15.2 Å². The van der Waals surface area contributed by atoms with Crippen molar-refractivity contribution in [3.05, 3.63) is 17.2 Å². The first-order valence-electron chi connectivity index (χ1n) is 3.11. The molecule has 0 aliphatic rings. The monoisotopic (exact) mass is 138 g/mol. The SMILES string of the molecule is Cc1nnc(CN)nc1C. The second-order valence-electron chi connectivity index (χ2n) is 2.10. The molecule has 0 fully saturated rings. The Morgan fingerprint density at radius 3 is 2.40 bits per heavy atom. The topological polar surface area (TPSA) is 64.7 Å². The highest BCUT2D eigenvalue weighted by molar-refractivity contribution is 5.05. The Balaban J connectivity index is 3.04. The molecule has 2 N–H and O–H groups in total. The van der Waals surface area contributed by atoms with E-state index in [1.54, 1.807) is 0 Å². The Morgan fingerprint density at radius 2 is 1.90 bits per heavy atom. The fraction of sp³-hybridized carbons (Fsp3) is 0.500. The van der Waals surface area contributed by atoms with Gasteiger partial charge in [0.25, 0.3) is 0 Å². The Bertz CT molecular complexity index is 233. The first kappa shape index (κ1) is 7.08. The number of rotatable bonds is 1. The molecule has 54 valence electrons. The highest BCUT2D eigenvalue weighted by Gasteiger charge is 1.97. The Morgan fingerprint density at radius 1 is 1.20 bits per heavy atom. The van der Waals surface area contributed by atoms with Gasteiger partial charge in [-0.2, -0.15) is 5.10 Å². The molecule has 0 bridgehead atoms. The van der Waals surface area contributed by atoms with Crippen LogP contribution in [0.5, 0.6) is 0 Å². The van der Waals surface area contributed by atoms with Crippen LogP contribution < -0.4 is 5.73 Å². The summed E-state index contributed by atoms with van der Waals surface area (Å²) in [6.07, 6.45) is 0. The van der Waals surface area contributed by atoms with E-state index in [1.807, 2.05) is 13.8 Å². The van der Waals surface area contributed by atoms with Crippen molar-refractivity contribution in [2.24, 2.45) is 5.73 Å². The molecule has 0 radical (unpaired) electrons. The van der Waals surface area contributed by atoms with E-state index < -0.39 is 0 Å². The van der Waals surface area contributed by atoms with Gasteiger partial charge in [-0.1, -0.05) is 0 Å². The minimum absolute atomic E-state index is 0.355. The van der Waals surface area contributed by atoms with Crippen molar-refractivity contribution >= 4 is 0 Å². The normalized spacial score (nSPS) is 9.90. The fourth-order valence-corrected chi connectivity index (χ4v) is 0.588. The van der Waals surface area contributed by atoms with Crippen molar-refractivity contribution < 1.29 is 0 Å². The zero-order valence-corrected chi connectivity index (χ0v) is 6.13. The summed E-state index contributed by atoms with van der Waals surface area (Å²) in [5.41, 5.74) is 7.06. The van der Waals surface area contributed by atoms with Crippen molar-refractivity contribution in [1.29, 1.82) is 0 Å². The summed E-state index contributed by atoms with van der Waals surface area (Å²) in [5.74, 6) is 0.600. The van der Waals surface area contributed by atoms with Crippen LogP contribution >= 0.6 is 0 Å². The number of aromatic nitrogens is 3. The van der Waals surface area contributed by atoms with Gasteiger partial charge in [-0.25, -0.2) is 4.98 Å². The first-order valence-corrected chi connectivity index (χ1v) is 3.11. The smallest absolute Gasteiger partial charge is 0.164 e. The van der Waals surface area contributed by atoms with Gasteiger partial charge in [-0.3, -0.25) is 0 Å². The molecule has 0 saturated heterocycles. The predicted octanol–water partition coefficient (Wildman–Crippen LogP) is -0.0529. The lowest BCUT2D eigenvalue weighted by molar-refractivity contribution is 0.792. The summed E-state index contributed by atoms with van der Waals surface area (Å²) in [6.45, 7) is 4.12.